The van der Waals surface area contributed by atoms with Gasteiger partial charge in [-0.05, 0) is 60.2 Å². The molecule has 8 heteroatoms. The smallest absolute Gasteiger partial charge is 0.269 e. The van der Waals surface area contributed by atoms with Gasteiger partial charge in [0.25, 0.3) is 11.6 Å². The molecular formula is C22H17FN2O4S. The van der Waals surface area contributed by atoms with Crippen LogP contribution in [0.15, 0.2) is 72.8 Å². The zero-order valence-corrected chi connectivity index (χ0v) is 16.5. The van der Waals surface area contributed by atoms with E-state index < -0.39 is 4.92 Å². The topological polar surface area (TPSA) is 72.7 Å². The number of ether oxygens (including phenoxy) is 1. The highest BCUT2D eigenvalue weighted by Gasteiger charge is 2.31. The maximum Gasteiger partial charge on any atom is 0.269 e. The fourth-order valence-corrected chi connectivity index (χ4v) is 4.47. The van der Waals surface area contributed by atoms with Gasteiger partial charge in [0.2, 0.25) is 0 Å². The molecule has 0 aliphatic carbocycles. The highest BCUT2D eigenvalue weighted by molar-refractivity contribution is 7.99. The molecule has 1 amide bonds. The molecule has 0 bridgehead atoms. The summed E-state index contributed by atoms with van der Waals surface area (Å²) in [5.74, 6) is 1.23. The van der Waals surface area contributed by atoms with Gasteiger partial charge in [-0.1, -0.05) is 6.07 Å². The van der Waals surface area contributed by atoms with Gasteiger partial charge in [0.15, 0.2) is 0 Å². The molecule has 1 aliphatic heterocycles. The second kappa shape index (κ2) is 8.54. The van der Waals surface area contributed by atoms with Gasteiger partial charge in [0.1, 0.15) is 22.7 Å². The van der Waals surface area contributed by atoms with E-state index in [0.29, 0.717) is 23.6 Å². The van der Waals surface area contributed by atoms with Gasteiger partial charge in [0, 0.05) is 30.0 Å². The third kappa shape index (κ3) is 4.28. The first-order valence-electron chi connectivity index (χ1n) is 9.22. The van der Waals surface area contributed by atoms with Crippen LogP contribution in [0, 0.1) is 15.9 Å². The Balaban J connectivity index is 1.53. The minimum atomic E-state index is -0.443. The number of halogens is 1. The standard InChI is InChI=1S/C22H17FN2O4S/c23-17-6-10-19(11-7-17)29-20-3-1-2-16(14-20)21(26)24-12-13-30-22(24)15-4-8-18(9-5-15)25(27)28/h1-11,14,22H,12-13H2. The van der Waals surface area contributed by atoms with Crippen molar-refractivity contribution in [1.82, 2.24) is 4.90 Å². The van der Waals surface area contributed by atoms with Crippen LogP contribution in [0.1, 0.15) is 21.3 Å². The van der Waals surface area contributed by atoms with Crippen molar-refractivity contribution in [1.29, 1.82) is 0 Å². The van der Waals surface area contributed by atoms with Gasteiger partial charge in [-0.2, -0.15) is 0 Å². The summed E-state index contributed by atoms with van der Waals surface area (Å²) >= 11 is 1.62. The summed E-state index contributed by atoms with van der Waals surface area (Å²) in [6, 6.07) is 18.8. The van der Waals surface area contributed by atoms with E-state index in [2.05, 4.69) is 0 Å². The third-order valence-electron chi connectivity index (χ3n) is 4.67. The summed E-state index contributed by atoms with van der Waals surface area (Å²) < 4.78 is 18.8. The molecule has 1 atom stereocenters. The van der Waals surface area contributed by atoms with E-state index in [1.54, 1.807) is 53.1 Å². The van der Waals surface area contributed by atoms with E-state index >= 15 is 0 Å². The Morgan fingerprint density at radius 2 is 1.80 bits per heavy atom. The number of carbonyl (C=O) groups excluding carboxylic acids is 1. The van der Waals surface area contributed by atoms with Crippen LogP contribution in [-0.4, -0.2) is 28.0 Å². The average molecular weight is 424 g/mol. The number of nitrogens with zero attached hydrogens (tertiary/aromatic N) is 2. The van der Waals surface area contributed by atoms with Gasteiger partial charge in [-0.3, -0.25) is 14.9 Å². The van der Waals surface area contributed by atoms with Crippen LogP contribution in [0.25, 0.3) is 0 Å². The number of nitro groups is 1. The Morgan fingerprint density at radius 1 is 1.07 bits per heavy atom. The number of carbonyl (C=O) groups is 1. The average Bonchev–Trinajstić information content (AvgIpc) is 3.25. The Kier molecular flexibility index (Phi) is 5.67. The second-order valence-electron chi connectivity index (χ2n) is 6.65. The highest BCUT2D eigenvalue weighted by atomic mass is 32.2. The molecule has 1 heterocycles. The van der Waals surface area contributed by atoms with Crippen LogP contribution in [0.5, 0.6) is 11.5 Å². The third-order valence-corrected chi connectivity index (χ3v) is 5.93. The van der Waals surface area contributed by atoms with Crippen molar-refractivity contribution in [2.45, 2.75) is 5.37 Å². The fraction of sp³-hybridized carbons (Fsp3) is 0.136. The van der Waals surface area contributed by atoms with E-state index in [0.717, 1.165) is 11.3 Å². The van der Waals surface area contributed by atoms with Crippen LogP contribution >= 0.6 is 11.8 Å². The lowest BCUT2D eigenvalue weighted by molar-refractivity contribution is -0.384. The minimum Gasteiger partial charge on any atom is -0.457 e. The summed E-state index contributed by atoms with van der Waals surface area (Å²) in [6.07, 6.45) is 0. The Bertz CT molecular complexity index is 1070. The Morgan fingerprint density at radius 3 is 2.50 bits per heavy atom. The van der Waals surface area contributed by atoms with E-state index in [-0.39, 0.29) is 22.8 Å². The normalized spacial score (nSPS) is 15.8. The van der Waals surface area contributed by atoms with Crippen LogP contribution in [0.3, 0.4) is 0 Å². The molecule has 152 valence electrons. The lowest BCUT2D eigenvalue weighted by Crippen LogP contribution is -2.30. The molecule has 6 nitrogen and oxygen atoms in total. The molecule has 1 fully saturated rings. The molecule has 1 saturated heterocycles. The quantitative estimate of drug-likeness (QED) is 0.404. The van der Waals surface area contributed by atoms with Crippen molar-refractivity contribution in [2.24, 2.45) is 0 Å². The van der Waals surface area contributed by atoms with Gasteiger partial charge < -0.3 is 9.64 Å². The monoisotopic (exact) mass is 424 g/mol. The molecule has 1 aliphatic rings. The van der Waals surface area contributed by atoms with Gasteiger partial charge in [-0.15, -0.1) is 11.8 Å². The van der Waals surface area contributed by atoms with Crippen molar-refractivity contribution in [3.05, 3.63) is 99.9 Å². The summed E-state index contributed by atoms with van der Waals surface area (Å²) in [7, 11) is 0. The van der Waals surface area contributed by atoms with Gasteiger partial charge >= 0.3 is 0 Å². The van der Waals surface area contributed by atoms with E-state index in [4.69, 9.17) is 4.74 Å². The molecule has 3 aromatic carbocycles. The van der Waals surface area contributed by atoms with Crippen LogP contribution < -0.4 is 4.74 Å². The zero-order valence-electron chi connectivity index (χ0n) is 15.7. The number of hydrogen-bond acceptors (Lipinski definition) is 5. The fourth-order valence-electron chi connectivity index (χ4n) is 3.21. The molecule has 0 N–H and O–H groups in total. The Hall–Kier alpha value is -3.39. The van der Waals surface area contributed by atoms with E-state index in [9.17, 15) is 19.3 Å². The lowest BCUT2D eigenvalue weighted by Gasteiger charge is -2.24. The number of amides is 1. The molecule has 4 rings (SSSR count). The van der Waals surface area contributed by atoms with Crippen molar-refractivity contribution >= 4 is 23.4 Å². The molecule has 30 heavy (non-hydrogen) atoms. The maximum absolute atomic E-state index is 13.2. The van der Waals surface area contributed by atoms with Crippen LogP contribution in [0.4, 0.5) is 10.1 Å². The van der Waals surface area contributed by atoms with E-state index in [1.807, 2.05) is 0 Å². The lowest BCUT2D eigenvalue weighted by atomic mass is 10.1. The second-order valence-corrected chi connectivity index (χ2v) is 7.84. The van der Waals surface area contributed by atoms with Crippen LogP contribution in [-0.2, 0) is 0 Å². The molecule has 0 aromatic heterocycles. The van der Waals surface area contributed by atoms with Crippen molar-refractivity contribution < 1.29 is 18.8 Å². The van der Waals surface area contributed by atoms with Gasteiger partial charge in [0.05, 0.1) is 4.92 Å². The van der Waals surface area contributed by atoms with Crippen molar-refractivity contribution in [3.8, 4) is 11.5 Å². The molecule has 0 saturated carbocycles. The molecular weight excluding hydrogens is 407 g/mol. The number of non-ortho nitro benzene ring substituents is 1. The minimum absolute atomic E-state index is 0.0188. The van der Waals surface area contributed by atoms with E-state index in [1.165, 1.54) is 36.4 Å². The summed E-state index contributed by atoms with van der Waals surface area (Å²) in [6.45, 7) is 0.578. The maximum atomic E-state index is 13.2. The highest BCUT2D eigenvalue weighted by Crippen LogP contribution is 2.39. The number of benzene rings is 3. The number of rotatable bonds is 5. The number of thioether (sulfide) groups is 1. The first-order chi connectivity index (χ1) is 14.5. The predicted octanol–water partition coefficient (Wildman–Crippen LogP) is 5.41. The number of nitro benzene ring substituents is 1. The summed E-state index contributed by atoms with van der Waals surface area (Å²) in [5.41, 5.74) is 1.34. The molecule has 0 spiro atoms. The van der Waals surface area contributed by atoms with Crippen molar-refractivity contribution in [2.75, 3.05) is 12.3 Å². The Labute approximate surface area is 176 Å². The molecule has 3 aromatic rings. The SMILES string of the molecule is O=C(c1cccc(Oc2ccc(F)cc2)c1)N1CCSC1c1ccc([N+](=O)[O-])cc1. The molecule has 1 unspecified atom stereocenters. The van der Waals surface area contributed by atoms with Gasteiger partial charge in [-0.25, -0.2) is 4.39 Å². The van der Waals surface area contributed by atoms with Crippen LogP contribution in [0.2, 0.25) is 0 Å². The first-order valence-corrected chi connectivity index (χ1v) is 10.3. The summed E-state index contributed by atoms with van der Waals surface area (Å²) in [5, 5.41) is 10.7. The largest absolute Gasteiger partial charge is 0.457 e. The first kappa shape index (κ1) is 19.9. The van der Waals surface area contributed by atoms with Crippen molar-refractivity contribution in [3.63, 3.8) is 0 Å². The zero-order chi connectivity index (χ0) is 21.1. The molecule has 0 radical (unpaired) electrons. The number of hydrogen-bond donors (Lipinski definition) is 0. The predicted molar refractivity (Wildman–Crippen MR) is 112 cm³/mol. The summed E-state index contributed by atoms with van der Waals surface area (Å²) in [4.78, 5) is 25.3.